The number of carbonyl (C=O) groups excluding carboxylic acids is 2. The number of benzene rings is 2. The third-order valence-corrected chi connectivity index (χ3v) is 3.47. The SMILES string of the molecule is COc1cc(C(=O)OC(C)C)c(C(=O)c2ccccc2)c([N+](=O)[O-])c1O. The molecule has 0 amide bonds. The number of ketones is 1. The highest BCUT2D eigenvalue weighted by atomic mass is 16.6. The van der Waals surface area contributed by atoms with Crippen molar-refractivity contribution < 1.29 is 29.1 Å². The van der Waals surface area contributed by atoms with Gasteiger partial charge in [0.25, 0.3) is 0 Å². The lowest BCUT2D eigenvalue weighted by Gasteiger charge is -2.14. The van der Waals surface area contributed by atoms with Crippen molar-refractivity contribution in [1.29, 1.82) is 0 Å². The van der Waals surface area contributed by atoms with Gasteiger partial charge >= 0.3 is 11.7 Å². The molecule has 0 fully saturated rings. The van der Waals surface area contributed by atoms with Crippen molar-refractivity contribution >= 4 is 17.4 Å². The minimum atomic E-state index is -0.930. The van der Waals surface area contributed by atoms with E-state index in [-0.39, 0.29) is 16.9 Å². The summed E-state index contributed by atoms with van der Waals surface area (Å²) in [6.45, 7) is 3.20. The highest BCUT2D eigenvalue weighted by molar-refractivity contribution is 6.17. The van der Waals surface area contributed by atoms with Gasteiger partial charge in [0, 0.05) is 5.56 Å². The predicted molar refractivity (Wildman–Crippen MR) is 91.7 cm³/mol. The number of esters is 1. The zero-order valence-corrected chi connectivity index (χ0v) is 14.4. The molecule has 0 saturated heterocycles. The molecule has 136 valence electrons. The first kappa shape index (κ1) is 18.9. The first-order chi connectivity index (χ1) is 12.3. The van der Waals surface area contributed by atoms with E-state index in [2.05, 4.69) is 0 Å². The molecule has 0 atom stereocenters. The fourth-order valence-electron chi connectivity index (χ4n) is 2.37. The van der Waals surface area contributed by atoms with E-state index in [1.54, 1.807) is 32.0 Å². The molecule has 0 aromatic heterocycles. The van der Waals surface area contributed by atoms with E-state index in [1.165, 1.54) is 19.2 Å². The Morgan fingerprint density at radius 3 is 2.31 bits per heavy atom. The Bertz CT molecular complexity index is 860. The van der Waals surface area contributed by atoms with Crippen LogP contribution in [0.25, 0.3) is 0 Å². The highest BCUT2D eigenvalue weighted by Gasteiger charge is 2.35. The third kappa shape index (κ3) is 3.64. The Hall–Kier alpha value is -3.42. The average Bonchev–Trinajstić information content (AvgIpc) is 2.60. The number of carbonyl (C=O) groups is 2. The summed E-state index contributed by atoms with van der Waals surface area (Å²) < 4.78 is 9.98. The first-order valence-corrected chi connectivity index (χ1v) is 7.67. The molecule has 1 N–H and O–H groups in total. The second-order valence-electron chi connectivity index (χ2n) is 5.60. The molecular formula is C18H17NO7. The monoisotopic (exact) mass is 359 g/mol. The zero-order chi connectivity index (χ0) is 19.4. The summed E-state index contributed by atoms with van der Waals surface area (Å²) in [6, 6.07) is 8.78. The number of nitrogens with zero attached hydrogens (tertiary/aromatic N) is 1. The topological polar surface area (TPSA) is 116 Å². The summed E-state index contributed by atoms with van der Waals surface area (Å²) in [6.07, 6.45) is -0.513. The van der Waals surface area contributed by atoms with Crippen LogP contribution in [0.2, 0.25) is 0 Å². The molecule has 2 rings (SSSR count). The second kappa shape index (κ2) is 7.64. The Labute approximate surface area is 149 Å². The summed E-state index contributed by atoms with van der Waals surface area (Å²) >= 11 is 0. The summed E-state index contributed by atoms with van der Waals surface area (Å²) in [5, 5.41) is 21.7. The maximum atomic E-state index is 12.9. The smallest absolute Gasteiger partial charge is 0.339 e. The van der Waals surface area contributed by atoms with Gasteiger partial charge in [-0.2, -0.15) is 0 Å². The normalized spacial score (nSPS) is 10.5. The lowest BCUT2D eigenvalue weighted by atomic mass is 9.95. The number of hydrogen-bond acceptors (Lipinski definition) is 7. The minimum absolute atomic E-state index is 0.124. The van der Waals surface area contributed by atoms with Crippen molar-refractivity contribution in [1.82, 2.24) is 0 Å². The Morgan fingerprint density at radius 1 is 1.19 bits per heavy atom. The Balaban J connectivity index is 2.81. The van der Waals surface area contributed by atoms with Gasteiger partial charge in [-0.3, -0.25) is 14.9 Å². The molecule has 26 heavy (non-hydrogen) atoms. The highest BCUT2D eigenvalue weighted by Crippen LogP contribution is 2.42. The van der Waals surface area contributed by atoms with Gasteiger partial charge in [0.05, 0.1) is 23.7 Å². The van der Waals surface area contributed by atoms with E-state index in [0.29, 0.717) is 0 Å². The first-order valence-electron chi connectivity index (χ1n) is 7.67. The Kier molecular flexibility index (Phi) is 5.56. The van der Waals surface area contributed by atoms with E-state index in [9.17, 15) is 24.8 Å². The summed E-state index contributed by atoms with van der Waals surface area (Å²) in [7, 11) is 1.18. The van der Waals surface area contributed by atoms with Crippen LogP contribution < -0.4 is 4.74 Å². The fraction of sp³-hybridized carbons (Fsp3) is 0.222. The Morgan fingerprint density at radius 2 is 1.81 bits per heavy atom. The van der Waals surface area contributed by atoms with Crippen LogP contribution >= 0.6 is 0 Å². The average molecular weight is 359 g/mol. The lowest BCUT2D eigenvalue weighted by Crippen LogP contribution is -2.18. The van der Waals surface area contributed by atoms with Crippen LogP contribution in [0.4, 0.5) is 5.69 Å². The van der Waals surface area contributed by atoms with Crippen LogP contribution in [-0.4, -0.2) is 35.0 Å². The van der Waals surface area contributed by atoms with Gasteiger partial charge in [0.2, 0.25) is 11.5 Å². The van der Waals surface area contributed by atoms with Crippen LogP contribution in [0.15, 0.2) is 36.4 Å². The van der Waals surface area contributed by atoms with Gasteiger partial charge in [-0.15, -0.1) is 0 Å². The van der Waals surface area contributed by atoms with Crippen LogP contribution in [0, 0.1) is 10.1 Å². The molecule has 0 aliphatic rings. The maximum absolute atomic E-state index is 12.9. The molecule has 8 heteroatoms. The number of phenolic OH excluding ortho intramolecular Hbond substituents is 1. The van der Waals surface area contributed by atoms with Gasteiger partial charge in [-0.05, 0) is 19.9 Å². The molecule has 0 aliphatic heterocycles. The molecule has 0 unspecified atom stereocenters. The summed E-state index contributed by atoms with van der Waals surface area (Å²) in [5.74, 6) is -2.86. The van der Waals surface area contributed by atoms with Crippen LogP contribution in [0.1, 0.15) is 40.1 Å². The number of hydrogen-bond donors (Lipinski definition) is 1. The molecule has 0 heterocycles. The molecule has 0 aliphatic carbocycles. The number of nitro groups is 1. The third-order valence-electron chi connectivity index (χ3n) is 3.47. The van der Waals surface area contributed by atoms with Crippen molar-refractivity contribution in [3.05, 3.63) is 63.2 Å². The van der Waals surface area contributed by atoms with Gasteiger partial charge in [0.1, 0.15) is 5.56 Å². The number of nitro benzene ring substituents is 1. The van der Waals surface area contributed by atoms with Gasteiger partial charge in [-0.25, -0.2) is 4.79 Å². The van der Waals surface area contributed by atoms with E-state index in [0.717, 1.165) is 6.07 Å². The van der Waals surface area contributed by atoms with Crippen molar-refractivity contribution in [3.8, 4) is 11.5 Å². The van der Waals surface area contributed by atoms with Crippen molar-refractivity contribution in [2.75, 3.05) is 7.11 Å². The second-order valence-corrected chi connectivity index (χ2v) is 5.60. The lowest BCUT2D eigenvalue weighted by molar-refractivity contribution is -0.386. The van der Waals surface area contributed by atoms with Crippen molar-refractivity contribution in [2.45, 2.75) is 20.0 Å². The van der Waals surface area contributed by atoms with Crippen LogP contribution in [0.5, 0.6) is 11.5 Å². The van der Waals surface area contributed by atoms with Crippen molar-refractivity contribution in [3.63, 3.8) is 0 Å². The number of phenols is 1. The van der Waals surface area contributed by atoms with E-state index >= 15 is 0 Å². The molecule has 0 spiro atoms. The van der Waals surface area contributed by atoms with Crippen molar-refractivity contribution in [2.24, 2.45) is 0 Å². The quantitative estimate of drug-likeness (QED) is 0.364. The molecule has 8 nitrogen and oxygen atoms in total. The van der Waals surface area contributed by atoms with Crippen LogP contribution in [0.3, 0.4) is 0 Å². The minimum Gasteiger partial charge on any atom is -0.499 e. The summed E-state index contributed by atoms with van der Waals surface area (Å²) in [4.78, 5) is 35.9. The fourth-order valence-corrected chi connectivity index (χ4v) is 2.37. The standard InChI is InChI=1S/C18H17NO7/c1-10(2)26-18(22)12-9-13(25-3)17(21)15(19(23)24)14(12)16(20)11-7-5-4-6-8-11/h4-10,21H,1-3H3. The van der Waals surface area contributed by atoms with E-state index < -0.39 is 39.8 Å². The predicted octanol–water partition coefficient (Wildman–Crippen LogP) is 3.11. The largest absolute Gasteiger partial charge is 0.499 e. The van der Waals surface area contributed by atoms with Crippen LogP contribution in [-0.2, 0) is 4.74 Å². The molecule has 0 bridgehead atoms. The van der Waals surface area contributed by atoms with Gasteiger partial charge in [0.15, 0.2) is 5.75 Å². The van der Waals surface area contributed by atoms with Gasteiger partial charge in [-0.1, -0.05) is 30.3 Å². The molecule has 2 aromatic carbocycles. The molecular weight excluding hydrogens is 342 g/mol. The number of ether oxygens (including phenoxy) is 2. The van der Waals surface area contributed by atoms with E-state index in [4.69, 9.17) is 9.47 Å². The summed E-state index contributed by atoms with van der Waals surface area (Å²) in [5.41, 5.74) is -1.69. The number of aromatic hydroxyl groups is 1. The zero-order valence-electron chi connectivity index (χ0n) is 14.4. The maximum Gasteiger partial charge on any atom is 0.339 e. The molecule has 0 radical (unpaired) electrons. The molecule has 2 aromatic rings. The molecule has 0 saturated carbocycles. The number of rotatable bonds is 6. The van der Waals surface area contributed by atoms with E-state index in [1.807, 2.05) is 0 Å². The van der Waals surface area contributed by atoms with Gasteiger partial charge < -0.3 is 14.6 Å². The number of methoxy groups -OCH3 is 1.